The minimum atomic E-state index is -0.234. The fourth-order valence-corrected chi connectivity index (χ4v) is 1.94. The highest BCUT2D eigenvalue weighted by molar-refractivity contribution is 5.94. The van der Waals surface area contributed by atoms with Gasteiger partial charge < -0.3 is 21.1 Å². The molecule has 6 nitrogen and oxygen atoms in total. The van der Waals surface area contributed by atoms with Crippen LogP contribution in [0.1, 0.15) is 44.5 Å². The van der Waals surface area contributed by atoms with Gasteiger partial charge in [-0.25, -0.2) is 0 Å². The first-order valence-corrected chi connectivity index (χ1v) is 8.42. The van der Waals surface area contributed by atoms with Gasteiger partial charge in [0.2, 0.25) is 5.91 Å². The molecule has 0 bridgehead atoms. The zero-order valence-electron chi connectivity index (χ0n) is 14.9. The van der Waals surface area contributed by atoms with E-state index in [1.165, 1.54) is 0 Å². The number of aliphatic hydroxyl groups excluding tert-OH is 1. The number of nitrogens with one attached hydrogen (secondary N) is 3. The molecule has 0 radical (unpaired) electrons. The lowest BCUT2D eigenvalue weighted by molar-refractivity contribution is -0.120. The summed E-state index contributed by atoms with van der Waals surface area (Å²) >= 11 is 0. The molecule has 0 aliphatic carbocycles. The summed E-state index contributed by atoms with van der Waals surface area (Å²) in [6, 6.07) is 6.79. The maximum absolute atomic E-state index is 12.0. The first-order chi connectivity index (χ1) is 11.4. The number of hydrogen-bond acceptors (Lipinski definition) is 4. The molecule has 4 N–H and O–H groups in total. The fraction of sp³-hybridized carbons (Fsp3) is 0.556. The van der Waals surface area contributed by atoms with E-state index in [0.29, 0.717) is 17.9 Å². The molecule has 0 saturated carbocycles. The first-order valence-electron chi connectivity index (χ1n) is 8.42. The van der Waals surface area contributed by atoms with Crippen LogP contribution >= 0.6 is 0 Å². The lowest BCUT2D eigenvalue weighted by atomic mass is 10.1. The second-order valence-electron chi connectivity index (χ2n) is 6.29. The predicted molar refractivity (Wildman–Crippen MR) is 96.0 cm³/mol. The molecule has 2 atom stereocenters. The summed E-state index contributed by atoms with van der Waals surface area (Å²) in [4.78, 5) is 23.9. The smallest absolute Gasteiger partial charge is 0.251 e. The molecule has 0 spiro atoms. The summed E-state index contributed by atoms with van der Waals surface area (Å²) < 4.78 is 0. The molecule has 2 amide bonds. The number of amides is 2. The Hall–Kier alpha value is -2.08. The molecule has 0 unspecified atom stereocenters. The van der Waals surface area contributed by atoms with E-state index >= 15 is 0 Å². The summed E-state index contributed by atoms with van der Waals surface area (Å²) in [5, 5.41) is 17.8. The van der Waals surface area contributed by atoms with Gasteiger partial charge in [0, 0.05) is 17.3 Å². The Morgan fingerprint density at radius 2 is 1.71 bits per heavy atom. The Kier molecular flexibility index (Phi) is 8.26. The lowest BCUT2D eigenvalue weighted by Gasteiger charge is -2.18. The van der Waals surface area contributed by atoms with E-state index in [4.69, 9.17) is 5.11 Å². The Balaban J connectivity index is 2.50. The molecule has 0 aromatic heterocycles. The van der Waals surface area contributed by atoms with Gasteiger partial charge in [-0.3, -0.25) is 9.59 Å². The van der Waals surface area contributed by atoms with Crippen LogP contribution in [0.2, 0.25) is 0 Å². The summed E-state index contributed by atoms with van der Waals surface area (Å²) in [7, 11) is 0. The van der Waals surface area contributed by atoms with Crippen LogP contribution in [0.15, 0.2) is 24.3 Å². The van der Waals surface area contributed by atoms with Gasteiger partial charge in [-0.05, 0) is 43.5 Å². The van der Waals surface area contributed by atoms with Crippen molar-refractivity contribution in [3.63, 3.8) is 0 Å². The Morgan fingerprint density at radius 3 is 2.21 bits per heavy atom. The van der Waals surface area contributed by atoms with E-state index in [1.807, 2.05) is 13.8 Å². The van der Waals surface area contributed by atoms with E-state index in [2.05, 4.69) is 29.8 Å². The third-order valence-corrected chi connectivity index (χ3v) is 4.04. The average Bonchev–Trinajstić information content (AvgIpc) is 2.57. The van der Waals surface area contributed by atoms with Gasteiger partial charge in [-0.15, -0.1) is 0 Å². The quantitative estimate of drug-likeness (QED) is 0.553. The van der Waals surface area contributed by atoms with Crippen LogP contribution in [0.3, 0.4) is 0 Å². The normalized spacial score (nSPS) is 13.2. The van der Waals surface area contributed by atoms with Crippen molar-refractivity contribution in [3.05, 3.63) is 29.8 Å². The molecule has 0 fully saturated rings. The van der Waals surface area contributed by atoms with Crippen LogP contribution in [-0.4, -0.2) is 42.2 Å². The maximum Gasteiger partial charge on any atom is 0.251 e. The van der Waals surface area contributed by atoms with Gasteiger partial charge in [0.25, 0.3) is 5.91 Å². The summed E-state index contributed by atoms with van der Waals surface area (Å²) in [6.07, 6.45) is 0.672. The van der Waals surface area contributed by atoms with Crippen molar-refractivity contribution in [1.29, 1.82) is 0 Å². The van der Waals surface area contributed by atoms with Crippen molar-refractivity contribution in [2.24, 2.45) is 5.92 Å². The van der Waals surface area contributed by atoms with Crippen LogP contribution in [-0.2, 0) is 4.79 Å². The van der Waals surface area contributed by atoms with Gasteiger partial charge in [-0.2, -0.15) is 0 Å². The number of rotatable bonds is 9. The number of anilines is 1. The van der Waals surface area contributed by atoms with E-state index in [0.717, 1.165) is 5.69 Å². The number of benzene rings is 1. The Labute approximate surface area is 144 Å². The number of aliphatic hydroxyl groups is 1. The van der Waals surface area contributed by atoms with Crippen molar-refractivity contribution in [1.82, 2.24) is 10.6 Å². The first kappa shape index (κ1) is 20.0. The van der Waals surface area contributed by atoms with E-state index in [1.54, 1.807) is 24.3 Å². The van der Waals surface area contributed by atoms with Crippen molar-refractivity contribution in [2.45, 2.75) is 46.2 Å². The highest BCUT2D eigenvalue weighted by Crippen LogP contribution is 2.10. The topological polar surface area (TPSA) is 90.5 Å². The molecule has 1 rings (SSSR count). The summed E-state index contributed by atoms with van der Waals surface area (Å²) in [5.41, 5.74) is 1.29. The molecule has 0 saturated heterocycles. The largest absolute Gasteiger partial charge is 0.394 e. The summed E-state index contributed by atoms with van der Waals surface area (Å²) in [5.74, 6) is 0.107. The van der Waals surface area contributed by atoms with Gasteiger partial charge in [0.15, 0.2) is 0 Å². The second-order valence-corrected chi connectivity index (χ2v) is 6.29. The van der Waals surface area contributed by atoms with E-state index < -0.39 is 0 Å². The van der Waals surface area contributed by atoms with Gasteiger partial charge in [0.1, 0.15) is 0 Å². The fourth-order valence-electron chi connectivity index (χ4n) is 1.94. The second kappa shape index (κ2) is 9.93. The zero-order valence-corrected chi connectivity index (χ0v) is 14.9. The number of carbonyl (C=O) groups excluding carboxylic acids is 2. The minimum Gasteiger partial charge on any atom is -0.394 e. The molecule has 0 aliphatic heterocycles. The van der Waals surface area contributed by atoms with Crippen LogP contribution in [0, 0.1) is 5.92 Å². The van der Waals surface area contributed by atoms with Crippen LogP contribution in [0.25, 0.3) is 0 Å². The number of hydrogen-bond donors (Lipinski definition) is 4. The number of carbonyl (C=O) groups is 2. The van der Waals surface area contributed by atoms with Crippen LogP contribution in [0.4, 0.5) is 5.69 Å². The zero-order chi connectivity index (χ0) is 18.1. The predicted octanol–water partition coefficient (Wildman–Crippen LogP) is 1.76. The van der Waals surface area contributed by atoms with Gasteiger partial charge in [-0.1, -0.05) is 20.8 Å². The van der Waals surface area contributed by atoms with Gasteiger partial charge in [0.05, 0.1) is 19.2 Å². The average molecular weight is 335 g/mol. The molecular weight excluding hydrogens is 306 g/mol. The molecule has 0 heterocycles. The molecule has 1 aromatic carbocycles. The van der Waals surface area contributed by atoms with Crippen molar-refractivity contribution in [3.8, 4) is 0 Å². The highest BCUT2D eigenvalue weighted by atomic mass is 16.3. The minimum absolute atomic E-state index is 0.0632. The molecule has 24 heavy (non-hydrogen) atoms. The standard InChI is InChI=1S/C18H29N3O3/c1-5-15(11-22)21-18(24)14-6-8-16(9-7-14)19-10-17(23)20-13(4)12(2)3/h6-9,12-13,15,19,22H,5,10-11H2,1-4H3,(H,20,23)(H,21,24)/t13-,15+/m0/s1. The Bertz CT molecular complexity index is 525. The highest BCUT2D eigenvalue weighted by Gasteiger charge is 2.12. The van der Waals surface area contributed by atoms with Gasteiger partial charge >= 0.3 is 0 Å². The monoisotopic (exact) mass is 335 g/mol. The SMILES string of the molecule is CC[C@H](CO)NC(=O)c1ccc(NCC(=O)N[C@@H](C)C(C)C)cc1. The lowest BCUT2D eigenvalue weighted by Crippen LogP contribution is -2.39. The summed E-state index contributed by atoms with van der Waals surface area (Å²) in [6.45, 7) is 8.10. The van der Waals surface area contributed by atoms with Crippen molar-refractivity contribution >= 4 is 17.5 Å². The molecule has 1 aromatic rings. The molecular formula is C18H29N3O3. The third-order valence-electron chi connectivity index (χ3n) is 4.04. The van der Waals surface area contributed by atoms with E-state index in [-0.39, 0.29) is 37.0 Å². The van der Waals surface area contributed by atoms with E-state index in [9.17, 15) is 9.59 Å². The van der Waals surface area contributed by atoms with Crippen LogP contribution < -0.4 is 16.0 Å². The van der Waals surface area contributed by atoms with Crippen LogP contribution in [0.5, 0.6) is 0 Å². The maximum atomic E-state index is 12.0. The molecule has 0 aliphatic rings. The molecule has 134 valence electrons. The van der Waals surface area contributed by atoms with Crippen molar-refractivity contribution in [2.75, 3.05) is 18.5 Å². The van der Waals surface area contributed by atoms with Crippen molar-refractivity contribution < 1.29 is 14.7 Å². The Morgan fingerprint density at radius 1 is 1.08 bits per heavy atom. The third kappa shape index (κ3) is 6.58. The molecule has 6 heteroatoms.